The van der Waals surface area contributed by atoms with Crippen LogP contribution < -0.4 is 5.32 Å². The number of hydrogen-bond donors (Lipinski definition) is 1. The minimum atomic E-state index is -0.0936. The van der Waals surface area contributed by atoms with Gasteiger partial charge in [0, 0.05) is 35.4 Å². The van der Waals surface area contributed by atoms with Crippen LogP contribution in [0.15, 0.2) is 60.8 Å². The SMILES string of the molecule is CCC(C)NC(=O)N(C)Cc1cn(-c2ccccc2)nc1-c1ccc(Cl)cc1. The minimum absolute atomic E-state index is 0.0936. The number of para-hydroxylation sites is 1. The van der Waals surface area contributed by atoms with E-state index < -0.39 is 0 Å². The van der Waals surface area contributed by atoms with Crippen molar-refractivity contribution in [3.8, 4) is 16.9 Å². The molecule has 0 saturated heterocycles. The Morgan fingerprint density at radius 3 is 2.50 bits per heavy atom. The lowest BCUT2D eigenvalue weighted by molar-refractivity contribution is 0.203. The van der Waals surface area contributed by atoms with Gasteiger partial charge >= 0.3 is 6.03 Å². The first-order valence-corrected chi connectivity index (χ1v) is 9.77. The molecule has 0 aliphatic heterocycles. The van der Waals surface area contributed by atoms with Gasteiger partial charge in [-0.15, -0.1) is 0 Å². The third-order valence-electron chi connectivity index (χ3n) is 4.66. The fraction of sp³-hybridized carbons (Fsp3) is 0.273. The van der Waals surface area contributed by atoms with Gasteiger partial charge in [-0.3, -0.25) is 0 Å². The first-order valence-electron chi connectivity index (χ1n) is 9.39. The highest BCUT2D eigenvalue weighted by Crippen LogP contribution is 2.26. The maximum atomic E-state index is 12.5. The largest absolute Gasteiger partial charge is 0.336 e. The molecule has 1 atom stereocenters. The number of urea groups is 1. The molecule has 28 heavy (non-hydrogen) atoms. The summed E-state index contributed by atoms with van der Waals surface area (Å²) in [4.78, 5) is 14.1. The van der Waals surface area contributed by atoms with Crippen LogP contribution in [-0.4, -0.2) is 33.8 Å². The summed E-state index contributed by atoms with van der Waals surface area (Å²) in [5.41, 5.74) is 3.73. The Hall–Kier alpha value is -2.79. The molecule has 0 bridgehead atoms. The molecule has 0 radical (unpaired) electrons. The first-order chi connectivity index (χ1) is 13.5. The minimum Gasteiger partial charge on any atom is -0.336 e. The van der Waals surface area contributed by atoms with Crippen molar-refractivity contribution in [1.29, 1.82) is 0 Å². The van der Waals surface area contributed by atoms with E-state index in [1.165, 1.54) is 0 Å². The van der Waals surface area contributed by atoms with Gasteiger partial charge < -0.3 is 10.2 Å². The maximum absolute atomic E-state index is 12.5. The molecule has 1 unspecified atom stereocenters. The highest BCUT2D eigenvalue weighted by atomic mass is 35.5. The molecule has 3 aromatic rings. The van der Waals surface area contributed by atoms with Gasteiger partial charge in [0.25, 0.3) is 0 Å². The highest BCUT2D eigenvalue weighted by Gasteiger charge is 2.17. The van der Waals surface area contributed by atoms with Gasteiger partial charge in [-0.05, 0) is 37.6 Å². The lowest BCUT2D eigenvalue weighted by Crippen LogP contribution is -2.41. The van der Waals surface area contributed by atoms with Crippen molar-refractivity contribution in [3.63, 3.8) is 0 Å². The molecule has 2 aromatic carbocycles. The zero-order chi connectivity index (χ0) is 20.1. The van der Waals surface area contributed by atoms with Gasteiger partial charge in [-0.1, -0.05) is 48.9 Å². The van der Waals surface area contributed by atoms with Gasteiger partial charge in [0.1, 0.15) is 0 Å². The van der Waals surface area contributed by atoms with E-state index >= 15 is 0 Å². The Kier molecular flexibility index (Phi) is 6.37. The molecule has 0 aliphatic carbocycles. The number of hydrogen-bond acceptors (Lipinski definition) is 2. The van der Waals surface area contributed by atoms with Crippen LogP contribution in [0.2, 0.25) is 5.02 Å². The number of carbonyl (C=O) groups is 1. The normalized spacial score (nSPS) is 11.9. The molecule has 5 nitrogen and oxygen atoms in total. The number of carbonyl (C=O) groups excluding carboxylic acids is 1. The summed E-state index contributed by atoms with van der Waals surface area (Å²) < 4.78 is 1.85. The van der Waals surface area contributed by atoms with Crippen molar-refractivity contribution in [2.45, 2.75) is 32.9 Å². The predicted octanol–water partition coefficient (Wildman–Crippen LogP) is 5.13. The molecule has 0 saturated carbocycles. The van der Waals surface area contributed by atoms with Crippen LogP contribution in [0.1, 0.15) is 25.8 Å². The fourth-order valence-electron chi connectivity index (χ4n) is 2.84. The molecule has 1 N–H and O–H groups in total. The van der Waals surface area contributed by atoms with Crippen molar-refractivity contribution in [2.24, 2.45) is 0 Å². The van der Waals surface area contributed by atoms with Crippen molar-refractivity contribution in [3.05, 3.63) is 71.4 Å². The summed E-state index contributed by atoms with van der Waals surface area (Å²) in [6.07, 6.45) is 2.87. The van der Waals surface area contributed by atoms with E-state index in [4.69, 9.17) is 16.7 Å². The second-order valence-corrected chi connectivity index (χ2v) is 7.34. The lowest BCUT2D eigenvalue weighted by atomic mass is 10.1. The summed E-state index contributed by atoms with van der Waals surface area (Å²) in [6.45, 7) is 4.50. The van der Waals surface area contributed by atoms with Crippen molar-refractivity contribution >= 4 is 17.6 Å². The van der Waals surface area contributed by atoms with E-state index in [1.54, 1.807) is 11.9 Å². The molecule has 1 aromatic heterocycles. The highest BCUT2D eigenvalue weighted by molar-refractivity contribution is 6.30. The van der Waals surface area contributed by atoms with Crippen LogP contribution >= 0.6 is 11.6 Å². The van der Waals surface area contributed by atoms with E-state index in [0.29, 0.717) is 11.6 Å². The van der Waals surface area contributed by atoms with E-state index in [-0.39, 0.29) is 12.1 Å². The number of benzene rings is 2. The van der Waals surface area contributed by atoms with E-state index in [0.717, 1.165) is 28.9 Å². The molecular formula is C22H25ClN4O. The number of aromatic nitrogens is 2. The number of nitrogens with one attached hydrogen (secondary N) is 1. The van der Waals surface area contributed by atoms with Gasteiger partial charge in [-0.25, -0.2) is 9.48 Å². The first kappa shape index (κ1) is 20.0. The van der Waals surface area contributed by atoms with Crippen LogP contribution in [0.3, 0.4) is 0 Å². The molecule has 0 fully saturated rings. The maximum Gasteiger partial charge on any atom is 0.317 e. The van der Waals surface area contributed by atoms with Crippen LogP contribution in [0.4, 0.5) is 4.79 Å². The third-order valence-corrected chi connectivity index (χ3v) is 4.92. The van der Waals surface area contributed by atoms with Crippen LogP contribution in [0.25, 0.3) is 16.9 Å². The Morgan fingerprint density at radius 1 is 1.18 bits per heavy atom. The quantitative estimate of drug-likeness (QED) is 0.627. The van der Waals surface area contributed by atoms with Crippen molar-refractivity contribution < 1.29 is 4.79 Å². The van der Waals surface area contributed by atoms with Crippen LogP contribution in [0, 0.1) is 0 Å². The third kappa shape index (κ3) is 4.73. The molecule has 6 heteroatoms. The van der Waals surface area contributed by atoms with Crippen molar-refractivity contribution in [2.75, 3.05) is 7.05 Å². The average Bonchev–Trinajstić information content (AvgIpc) is 3.12. The summed E-state index contributed by atoms with van der Waals surface area (Å²) >= 11 is 6.04. The second kappa shape index (κ2) is 8.93. The van der Waals surface area contributed by atoms with Gasteiger partial charge in [0.05, 0.1) is 17.9 Å². The Bertz CT molecular complexity index is 921. The molecular weight excluding hydrogens is 372 g/mol. The monoisotopic (exact) mass is 396 g/mol. The standard InChI is InChI=1S/C22H25ClN4O/c1-4-16(2)24-22(28)26(3)14-18-15-27(20-8-6-5-7-9-20)25-21(18)17-10-12-19(23)13-11-17/h5-13,15-16H,4,14H2,1-3H3,(H,24,28). The topological polar surface area (TPSA) is 50.2 Å². The van der Waals surface area contributed by atoms with Gasteiger partial charge in [-0.2, -0.15) is 5.10 Å². The summed E-state index contributed by atoms with van der Waals surface area (Å²) in [5, 5.41) is 8.46. The van der Waals surface area contributed by atoms with Crippen molar-refractivity contribution in [1.82, 2.24) is 20.0 Å². The van der Waals surface area contributed by atoms with E-state index in [1.807, 2.05) is 79.3 Å². The Labute approximate surface area is 170 Å². The van der Waals surface area contributed by atoms with Gasteiger partial charge in [0.15, 0.2) is 0 Å². The summed E-state index contributed by atoms with van der Waals surface area (Å²) in [6, 6.07) is 17.6. The van der Waals surface area contributed by atoms with Crippen LogP contribution in [-0.2, 0) is 6.54 Å². The Morgan fingerprint density at radius 2 is 1.86 bits per heavy atom. The molecule has 0 spiro atoms. The number of halogens is 1. The van der Waals surface area contributed by atoms with E-state index in [9.17, 15) is 4.79 Å². The zero-order valence-electron chi connectivity index (χ0n) is 16.4. The molecule has 3 rings (SSSR count). The number of nitrogens with zero attached hydrogens (tertiary/aromatic N) is 3. The molecule has 0 aliphatic rings. The Balaban J connectivity index is 1.93. The molecule has 2 amide bonds. The second-order valence-electron chi connectivity index (χ2n) is 6.90. The predicted molar refractivity (Wildman–Crippen MR) is 114 cm³/mol. The zero-order valence-corrected chi connectivity index (χ0v) is 17.1. The average molecular weight is 397 g/mol. The smallest absolute Gasteiger partial charge is 0.317 e. The number of rotatable bonds is 6. The fourth-order valence-corrected chi connectivity index (χ4v) is 2.97. The number of amides is 2. The van der Waals surface area contributed by atoms with Gasteiger partial charge in [0.2, 0.25) is 0 Å². The van der Waals surface area contributed by atoms with E-state index in [2.05, 4.69) is 5.32 Å². The summed E-state index contributed by atoms with van der Waals surface area (Å²) in [5.74, 6) is 0. The molecule has 1 heterocycles. The lowest BCUT2D eigenvalue weighted by Gasteiger charge is -2.20. The summed E-state index contributed by atoms with van der Waals surface area (Å²) in [7, 11) is 1.79. The van der Waals surface area contributed by atoms with Crippen LogP contribution in [0.5, 0.6) is 0 Å². The molecule has 146 valence electrons.